The van der Waals surface area contributed by atoms with Crippen molar-refractivity contribution in [3.05, 3.63) is 77.4 Å². The first-order valence-corrected chi connectivity index (χ1v) is 12.1. The van der Waals surface area contributed by atoms with Gasteiger partial charge in [-0.1, -0.05) is 18.2 Å². The van der Waals surface area contributed by atoms with Gasteiger partial charge in [0.25, 0.3) is 0 Å². The molecule has 4 rings (SSSR count). The molecule has 1 saturated heterocycles. The predicted molar refractivity (Wildman–Crippen MR) is 133 cm³/mol. The highest BCUT2D eigenvalue weighted by Crippen LogP contribution is 2.24. The normalized spacial score (nSPS) is 14.9. The van der Waals surface area contributed by atoms with E-state index in [9.17, 15) is 0 Å². The van der Waals surface area contributed by atoms with Gasteiger partial charge in [0.1, 0.15) is 12.4 Å². The van der Waals surface area contributed by atoms with Crippen LogP contribution in [0.4, 0.5) is 5.00 Å². The number of aromatic nitrogens is 1. The number of guanidine groups is 1. The molecule has 1 aliphatic heterocycles. The molecule has 0 atom stereocenters. The van der Waals surface area contributed by atoms with Gasteiger partial charge >= 0.3 is 0 Å². The third-order valence-electron chi connectivity index (χ3n) is 5.45. The molecule has 7 heteroatoms. The van der Waals surface area contributed by atoms with Crippen molar-refractivity contribution >= 4 is 22.3 Å². The number of thiophene rings is 1. The average Bonchev–Trinajstić information content (AvgIpc) is 3.38. The minimum Gasteiger partial charge on any atom is -0.487 e. The molecular formula is C25H31N5OS. The third kappa shape index (κ3) is 6.47. The summed E-state index contributed by atoms with van der Waals surface area (Å²) in [5.74, 6) is 1.73. The Labute approximate surface area is 194 Å². The number of benzene rings is 1. The van der Waals surface area contributed by atoms with Crippen LogP contribution < -0.4 is 20.3 Å². The minimum atomic E-state index is 0.450. The molecule has 0 radical (unpaired) electrons. The lowest BCUT2D eigenvalue weighted by Crippen LogP contribution is -2.48. The molecule has 6 nitrogen and oxygen atoms in total. The van der Waals surface area contributed by atoms with Crippen molar-refractivity contribution < 1.29 is 4.74 Å². The van der Waals surface area contributed by atoms with Crippen LogP contribution in [0.5, 0.6) is 5.75 Å². The molecule has 0 unspecified atom stereocenters. The molecule has 32 heavy (non-hydrogen) atoms. The zero-order valence-electron chi connectivity index (χ0n) is 18.5. The van der Waals surface area contributed by atoms with Crippen LogP contribution in [0.2, 0.25) is 0 Å². The third-order valence-corrected chi connectivity index (χ3v) is 6.38. The lowest BCUT2D eigenvalue weighted by atomic mass is 10.1. The van der Waals surface area contributed by atoms with E-state index in [2.05, 4.69) is 57.1 Å². The van der Waals surface area contributed by atoms with E-state index in [0.717, 1.165) is 55.4 Å². The summed E-state index contributed by atoms with van der Waals surface area (Å²) in [6.07, 6.45) is 4.01. The fraction of sp³-hybridized carbons (Fsp3) is 0.360. The molecule has 0 amide bonds. The Kier molecular flexibility index (Phi) is 7.98. The predicted octanol–water partition coefficient (Wildman–Crippen LogP) is 4.45. The Morgan fingerprint density at radius 2 is 1.97 bits per heavy atom. The number of aliphatic imine (C=N–C) groups is 1. The number of pyridine rings is 1. The van der Waals surface area contributed by atoms with Crippen LogP contribution in [0.3, 0.4) is 0 Å². The molecule has 1 fully saturated rings. The molecule has 168 valence electrons. The van der Waals surface area contributed by atoms with Gasteiger partial charge in [0.2, 0.25) is 0 Å². The lowest BCUT2D eigenvalue weighted by Gasteiger charge is -2.33. The van der Waals surface area contributed by atoms with E-state index in [4.69, 9.17) is 9.73 Å². The summed E-state index contributed by atoms with van der Waals surface area (Å²) in [5.41, 5.74) is 2.07. The second-order valence-electron chi connectivity index (χ2n) is 7.81. The summed E-state index contributed by atoms with van der Waals surface area (Å²) in [6.45, 7) is 6.21. The fourth-order valence-electron chi connectivity index (χ4n) is 3.71. The van der Waals surface area contributed by atoms with Crippen molar-refractivity contribution in [3.8, 4) is 5.75 Å². The summed E-state index contributed by atoms with van der Waals surface area (Å²) in [5, 5.41) is 10.5. The van der Waals surface area contributed by atoms with Gasteiger partial charge < -0.3 is 20.3 Å². The lowest BCUT2D eigenvalue weighted by molar-refractivity contribution is 0.301. The first kappa shape index (κ1) is 22.1. The molecule has 3 aromatic rings. The number of hydrogen-bond donors (Lipinski definition) is 2. The molecule has 2 N–H and O–H groups in total. The quantitative estimate of drug-likeness (QED) is 0.393. The van der Waals surface area contributed by atoms with E-state index in [1.54, 1.807) is 6.20 Å². The molecule has 1 aromatic carbocycles. The number of nitrogens with one attached hydrogen (secondary N) is 2. The maximum atomic E-state index is 5.82. The topological polar surface area (TPSA) is 61.8 Å². The Hall–Kier alpha value is -3.06. The number of nitrogens with zero attached hydrogens (tertiary/aromatic N) is 3. The minimum absolute atomic E-state index is 0.450. The molecule has 2 aromatic heterocycles. The summed E-state index contributed by atoms with van der Waals surface area (Å²) >= 11 is 1.82. The van der Waals surface area contributed by atoms with Crippen molar-refractivity contribution in [3.63, 3.8) is 0 Å². The second-order valence-corrected chi connectivity index (χ2v) is 8.73. The Balaban J connectivity index is 1.26. The van der Waals surface area contributed by atoms with Crippen LogP contribution in [-0.2, 0) is 13.2 Å². The second kappa shape index (κ2) is 11.5. The van der Waals surface area contributed by atoms with E-state index < -0.39 is 0 Å². The molecular weight excluding hydrogens is 418 g/mol. The molecule has 3 heterocycles. The van der Waals surface area contributed by atoms with Gasteiger partial charge in [-0.15, -0.1) is 11.3 Å². The molecule has 0 aliphatic carbocycles. The SMILES string of the molecule is CCNC(=NCc1ccc(OCc2ccccn2)cc1)NC1CCN(c2cccs2)CC1. The van der Waals surface area contributed by atoms with Gasteiger partial charge in [0.15, 0.2) is 5.96 Å². The first-order valence-electron chi connectivity index (χ1n) is 11.2. The van der Waals surface area contributed by atoms with Crippen LogP contribution in [0.25, 0.3) is 0 Å². The highest BCUT2D eigenvalue weighted by molar-refractivity contribution is 7.14. The van der Waals surface area contributed by atoms with E-state index >= 15 is 0 Å². The van der Waals surface area contributed by atoms with Gasteiger partial charge in [-0.25, -0.2) is 4.99 Å². The Morgan fingerprint density at radius 1 is 1.12 bits per heavy atom. The largest absolute Gasteiger partial charge is 0.487 e. The van der Waals surface area contributed by atoms with Crippen LogP contribution in [0.1, 0.15) is 31.0 Å². The molecule has 0 saturated carbocycles. The van der Waals surface area contributed by atoms with E-state index in [-0.39, 0.29) is 0 Å². The average molecular weight is 450 g/mol. The first-order chi connectivity index (χ1) is 15.8. The summed E-state index contributed by atoms with van der Waals surface area (Å²) in [7, 11) is 0. The van der Waals surface area contributed by atoms with Crippen molar-refractivity contribution in [1.82, 2.24) is 15.6 Å². The van der Waals surface area contributed by atoms with Gasteiger partial charge in [0, 0.05) is 31.9 Å². The van der Waals surface area contributed by atoms with Crippen LogP contribution in [0.15, 0.2) is 71.2 Å². The molecule has 0 spiro atoms. The van der Waals surface area contributed by atoms with E-state index in [1.165, 1.54) is 5.00 Å². The maximum absolute atomic E-state index is 5.82. The van der Waals surface area contributed by atoms with E-state index in [1.807, 2.05) is 41.7 Å². The van der Waals surface area contributed by atoms with Gasteiger partial charge in [-0.3, -0.25) is 4.98 Å². The number of ether oxygens (including phenoxy) is 1. The Morgan fingerprint density at radius 3 is 2.66 bits per heavy atom. The summed E-state index contributed by atoms with van der Waals surface area (Å²) in [4.78, 5) is 11.6. The highest BCUT2D eigenvalue weighted by atomic mass is 32.1. The van der Waals surface area contributed by atoms with Crippen LogP contribution in [-0.4, -0.2) is 36.6 Å². The highest BCUT2D eigenvalue weighted by Gasteiger charge is 2.20. The number of hydrogen-bond acceptors (Lipinski definition) is 5. The smallest absolute Gasteiger partial charge is 0.191 e. The molecule has 0 bridgehead atoms. The zero-order valence-corrected chi connectivity index (χ0v) is 19.4. The van der Waals surface area contributed by atoms with Crippen molar-refractivity contribution in [2.75, 3.05) is 24.5 Å². The zero-order chi connectivity index (χ0) is 22.0. The standard InChI is InChI=1S/C25H31N5OS/c1-2-26-25(29-21-12-15-30(16-13-21)24-7-5-17-32-24)28-18-20-8-10-23(11-9-20)31-19-22-6-3-4-14-27-22/h3-11,14,17,21H,2,12-13,15-16,18-19H2,1H3,(H2,26,28,29). The monoisotopic (exact) mass is 449 g/mol. The van der Waals surface area contributed by atoms with Gasteiger partial charge in [-0.05, 0) is 67.1 Å². The number of rotatable bonds is 8. The maximum Gasteiger partial charge on any atom is 0.191 e. The summed E-state index contributed by atoms with van der Waals surface area (Å²) in [6, 6.07) is 18.7. The van der Waals surface area contributed by atoms with Crippen molar-refractivity contribution in [1.29, 1.82) is 0 Å². The van der Waals surface area contributed by atoms with E-state index in [0.29, 0.717) is 19.2 Å². The fourth-order valence-corrected chi connectivity index (χ4v) is 4.49. The Bertz CT molecular complexity index is 952. The van der Waals surface area contributed by atoms with Gasteiger partial charge in [0.05, 0.1) is 17.2 Å². The number of anilines is 1. The summed E-state index contributed by atoms with van der Waals surface area (Å²) < 4.78 is 5.82. The van der Waals surface area contributed by atoms with Crippen LogP contribution >= 0.6 is 11.3 Å². The molecule has 1 aliphatic rings. The van der Waals surface area contributed by atoms with Crippen molar-refractivity contribution in [2.24, 2.45) is 4.99 Å². The van der Waals surface area contributed by atoms with Crippen LogP contribution in [0, 0.1) is 0 Å². The number of piperidine rings is 1. The van der Waals surface area contributed by atoms with Crippen molar-refractivity contribution in [2.45, 2.75) is 39.0 Å². The van der Waals surface area contributed by atoms with Gasteiger partial charge in [-0.2, -0.15) is 0 Å².